The number of ether oxygens (including phenoxy) is 1. The van der Waals surface area contributed by atoms with E-state index in [9.17, 15) is 18.3 Å². The van der Waals surface area contributed by atoms with Gasteiger partial charge in [0.15, 0.2) is 0 Å². The smallest absolute Gasteiger partial charge is 0.322 e. The third kappa shape index (κ3) is 6.19. The highest BCUT2D eigenvalue weighted by molar-refractivity contribution is 7.89. The Hall–Kier alpha value is -3.05. The monoisotopic (exact) mass is 512 g/mol. The molecule has 0 spiro atoms. The third-order valence-corrected chi connectivity index (χ3v) is 7.94. The van der Waals surface area contributed by atoms with E-state index in [-0.39, 0.29) is 11.4 Å². The van der Waals surface area contributed by atoms with Crippen LogP contribution in [0, 0.1) is 6.92 Å². The van der Waals surface area contributed by atoms with Gasteiger partial charge in [0.05, 0.1) is 10.4 Å². The Labute approximate surface area is 211 Å². The van der Waals surface area contributed by atoms with Crippen molar-refractivity contribution in [3.05, 3.63) is 65.9 Å². The summed E-state index contributed by atoms with van der Waals surface area (Å²) in [4.78, 5) is 20.5. The van der Waals surface area contributed by atoms with Gasteiger partial charge in [0.1, 0.15) is 18.4 Å². The van der Waals surface area contributed by atoms with Gasteiger partial charge in [-0.25, -0.2) is 13.1 Å². The molecule has 0 saturated carbocycles. The Bertz CT molecular complexity index is 1310. The van der Waals surface area contributed by atoms with Gasteiger partial charge in [-0.15, -0.1) is 0 Å². The van der Waals surface area contributed by atoms with E-state index in [1.165, 1.54) is 12.1 Å². The standard InChI is InChI=1S/C26H32N4O5S/c1-3-29-12-14-30(15-13-29)25(26(31)32)17-27-36(33,34)22-10-8-21(9-11-22)35-18-20-16-19(2)28-24-7-5-4-6-23(20)24/h4-11,16,25,27H,3,12-15,17-18H2,1-2H3,(H,31,32). The van der Waals surface area contributed by atoms with Crippen LogP contribution >= 0.6 is 0 Å². The normalized spacial score (nSPS) is 16.2. The fourth-order valence-electron chi connectivity index (χ4n) is 4.43. The van der Waals surface area contributed by atoms with Gasteiger partial charge in [-0.2, -0.15) is 0 Å². The Kier molecular flexibility index (Phi) is 8.20. The maximum atomic E-state index is 12.8. The first-order chi connectivity index (χ1) is 17.3. The number of carboxylic acid groups (broad SMARTS) is 1. The molecule has 2 N–H and O–H groups in total. The average Bonchev–Trinajstić information content (AvgIpc) is 2.87. The molecule has 4 rings (SSSR count). The second-order valence-electron chi connectivity index (χ2n) is 8.88. The lowest BCUT2D eigenvalue weighted by Crippen LogP contribution is -2.55. The lowest BCUT2D eigenvalue weighted by Gasteiger charge is -2.37. The van der Waals surface area contributed by atoms with Crippen molar-refractivity contribution in [2.75, 3.05) is 39.3 Å². The average molecular weight is 513 g/mol. The van der Waals surface area contributed by atoms with E-state index in [0.29, 0.717) is 25.4 Å². The van der Waals surface area contributed by atoms with Crippen molar-refractivity contribution in [3.63, 3.8) is 0 Å². The van der Waals surface area contributed by atoms with E-state index in [2.05, 4.69) is 21.5 Å². The molecule has 1 unspecified atom stereocenters. The molecule has 10 heteroatoms. The van der Waals surface area contributed by atoms with Crippen molar-refractivity contribution in [2.24, 2.45) is 0 Å². The Balaban J connectivity index is 1.38. The van der Waals surface area contributed by atoms with Crippen molar-refractivity contribution in [1.29, 1.82) is 0 Å². The molecule has 2 heterocycles. The fraction of sp³-hybridized carbons (Fsp3) is 0.385. The zero-order chi connectivity index (χ0) is 25.7. The van der Waals surface area contributed by atoms with E-state index in [1.54, 1.807) is 12.1 Å². The van der Waals surface area contributed by atoms with Gasteiger partial charge in [-0.05, 0) is 49.9 Å². The van der Waals surface area contributed by atoms with Crippen molar-refractivity contribution in [1.82, 2.24) is 19.5 Å². The first kappa shape index (κ1) is 26.0. The number of para-hydroxylation sites is 1. The number of pyridine rings is 1. The van der Waals surface area contributed by atoms with Crippen molar-refractivity contribution >= 4 is 26.9 Å². The fourth-order valence-corrected chi connectivity index (χ4v) is 5.46. The van der Waals surface area contributed by atoms with Gasteiger partial charge < -0.3 is 14.7 Å². The number of likely N-dealkylation sites (N-methyl/N-ethyl adjacent to an activating group) is 1. The zero-order valence-electron chi connectivity index (χ0n) is 20.6. The minimum Gasteiger partial charge on any atom is -0.489 e. The number of aliphatic carboxylic acids is 1. The van der Waals surface area contributed by atoms with E-state index >= 15 is 0 Å². The summed E-state index contributed by atoms with van der Waals surface area (Å²) in [5.41, 5.74) is 2.79. The number of sulfonamides is 1. The molecule has 1 aliphatic heterocycles. The highest BCUT2D eigenvalue weighted by Crippen LogP contribution is 2.22. The highest BCUT2D eigenvalue weighted by Gasteiger charge is 2.30. The molecule has 0 bridgehead atoms. The summed E-state index contributed by atoms with van der Waals surface area (Å²) in [7, 11) is -3.88. The summed E-state index contributed by atoms with van der Waals surface area (Å²) >= 11 is 0. The first-order valence-electron chi connectivity index (χ1n) is 12.0. The van der Waals surface area contributed by atoms with Crippen LogP contribution in [0.15, 0.2) is 59.5 Å². The number of nitrogens with one attached hydrogen (secondary N) is 1. The van der Waals surface area contributed by atoms with Crippen LogP contribution in [0.5, 0.6) is 5.75 Å². The number of aryl methyl sites for hydroxylation is 1. The number of piperazine rings is 1. The summed E-state index contributed by atoms with van der Waals surface area (Å²) in [6, 6.07) is 15.0. The van der Waals surface area contributed by atoms with Crippen LogP contribution in [0.3, 0.4) is 0 Å². The predicted octanol–water partition coefficient (Wildman–Crippen LogP) is 2.49. The number of benzene rings is 2. The largest absolute Gasteiger partial charge is 0.489 e. The van der Waals surface area contributed by atoms with E-state index in [0.717, 1.165) is 41.8 Å². The Morgan fingerprint density at radius 3 is 2.47 bits per heavy atom. The molecule has 2 aromatic carbocycles. The van der Waals surface area contributed by atoms with Crippen LogP contribution in [-0.4, -0.2) is 79.6 Å². The topological polar surface area (TPSA) is 112 Å². The molecule has 0 amide bonds. The lowest BCUT2D eigenvalue weighted by molar-refractivity contribution is -0.143. The number of aromatic nitrogens is 1. The van der Waals surface area contributed by atoms with Crippen LogP contribution < -0.4 is 9.46 Å². The Morgan fingerprint density at radius 1 is 1.11 bits per heavy atom. The Morgan fingerprint density at radius 2 is 1.81 bits per heavy atom. The molecule has 1 aromatic heterocycles. The second-order valence-corrected chi connectivity index (χ2v) is 10.6. The summed E-state index contributed by atoms with van der Waals surface area (Å²) in [6.07, 6.45) is 0. The lowest BCUT2D eigenvalue weighted by atomic mass is 10.1. The minimum atomic E-state index is -3.88. The maximum Gasteiger partial charge on any atom is 0.322 e. The number of hydrogen-bond donors (Lipinski definition) is 2. The number of hydrogen-bond acceptors (Lipinski definition) is 7. The third-order valence-electron chi connectivity index (χ3n) is 6.50. The molecular formula is C26H32N4O5S. The van der Waals surface area contributed by atoms with Crippen LogP contribution in [0.25, 0.3) is 10.9 Å². The molecule has 3 aromatic rings. The van der Waals surface area contributed by atoms with Crippen molar-refractivity contribution in [2.45, 2.75) is 31.4 Å². The summed E-state index contributed by atoms with van der Waals surface area (Å²) < 4.78 is 34.1. The SMILES string of the molecule is CCN1CCN(C(CNS(=O)(=O)c2ccc(OCc3cc(C)nc4ccccc34)cc2)C(=O)O)CC1. The molecule has 192 valence electrons. The van der Waals surface area contributed by atoms with Gasteiger partial charge in [0.25, 0.3) is 0 Å². The molecule has 9 nitrogen and oxygen atoms in total. The zero-order valence-corrected chi connectivity index (χ0v) is 21.4. The summed E-state index contributed by atoms with van der Waals surface area (Å²) in [6.45, 7) is 7.74. The van der Waals surface area contributed by atoms with E-state index in [4.69, 9.17) is 4.74 Å². The van der Waals surface area contributed by atoms with Crippen molar-refractivity contribution in [3.8, 4) is 5.75 Å². The van der Waals surface area contributed by atoms with Crippen molar-refractivity contribution < 1.29 is 23.1 Å². The summed E-state index contributed by atoms with van der Waals surface area (Å²) in [5, 5.41) is 10.7. The van der Waals surface area contributed by atoms with Crippen LogP contribution in [0.2, 0.25) is 0 Å². The van der Waals surface area contributed by atoms with Gasteiger partial charge in [-0.3, -0.25) is 14.7 Å². The number of nitrogens with zero attached hydrogens (tertiary/aromatic N) is 3. The van der Waals surface area contributed by atoms with Gasteiger partial charge in [0, 0.05) is 49.4 Å². The molecule has 0 aliphatic carbocycles. The van der Waals surface area contributed by atoms with Gasteiger partial charge in [0.2, 0.25) is 10.0 Å². The predicted molar refractivity (Wildman–Crippen MR) is 138 cm³/mol. The van der Waals surface area contributed by atoms with E-state index in [1.807, 2.05) is 42.2 Å². The van der Waals surface area contributed by atoms with Crippen LogP contribution in [-0.2, 0) is 21.4 Å². The number of rotatable bonds is 10. The highest BCUT2D eigenvalue weighted by atomic mass is 32.2. The molecule has 1 fully saturated rings. The maximum absolute atomic E-state index is 12.8. The minimum absolute atomic E-state index is 0.0556. The van der Waals surface area contributed by atoms with Crippen LogP contribution in [0.4, 0.5) is 0 Å². The second kappa shape index (κ2) is 11.3. The molecule has 1 saturated heterocycles. The molecule has 1 atom stereocenters. The van der Waals surface area contributed by atoms with Gasteiger partial charge >= 0.3 is 5.97 Å². The van der Waals surface area contributed by atoms with Gasteiger partial charge in [-0.1, -0.05) is 25.1 Å². The molecular weight excluding hydrogens is 480 g/mol. The first-order valence-corrected chi connectivity index (χ1v) is 13.5. The quantitative estimate of drug-likeness (QED) is 0.426. The van der Waals surface area contributed by atoms with E-state index < -0.39 is 22.0 Å². The summed E-state index contributed by atoms with van der Waals surface area (Å²) in [5.74, 6) is -0.505. The molecule has 0 radical (unpaired) electrons. The molecule has 36 heavy (non-hydrogen) atoms. The number of fused-ring (bicyclic) bond motifs is 1. The van der Waals surface area contributed by atoms with Crippen LogP contribution in [0.1, 0.15) is 18.2 Å². The number of carbonyl (C=O) groups is 1. The molecule has 1 aliphatic rings. The number of carboxylic acids is 1.